The predicted molar refractivity (Wildman–Crippen MR) is 74.0 cm³/mol. The first kappa shape index (κ1) is 12.3. The highest BCUT2D eigenvalue weighted by Crippen LogP contribution is 2.37. The standard InChI is InChI=1S/C14H15NO3S/c16-12-7-14-13(17-9-18-14)6-10(12)8-15-4-3-11-2-1-5-19-11/h1-2,5-7,15-16H,3-4,8-9H2. The van der Waals surface area contributed by atoms with Gasteiger partial charge in [-0.05, 0) is 23.9 Å². The van der Waals surface area contributed by atoms with Crippen LogP contribution in [0.3, 0.4) is 0 Å². The molecule has 5 heteroatoms. The number of hydrogen-bond donors (Lipinski definition) is 2. The molecule has 19 heavy (non-hydrogen) atoms. The van der Waals surface area contributed by atoms with Gasteiger partial charge in [0, 0.05) is 29.6 Å². The van der Waals surface area contributed by atoms with Crippen molar-refractivity contribution >= 4 is 11.3 Å². The third-order valence-corrected chi connectivity index (χ3v) is 3.95. The molecule has 3 rings (SSSR count). The second-order valence-electron chi connectivity index (χ2n) is 4.34. The summed E-state index contributed by atoms with van der Waals surface area (Å²) in [5.74, 6) is 1.56. The summed E-state index contributed by atoms with van der Waals surface area (Å²) in [6, 6.07) is 7.63. The molecule has 0 amide bonds. The molecule has 0 unspecified atom stereocenters. The molecule has 0 saturated heterocycles. The van der Waals surface area contributed by atoms with Crippen LogP contribution < -0.4 is 14.8 Å². The Kier molecular flexibility index (Phi) is 3.57. The number of benzene rings is 1. The van der Waals surface area contributed by atoms with E-state index in [9.17, 15) is 5.11 Å². The molecule has 0 bridgehead atoms. The van der Waals surface area contributed by atoms with Crippen molar-refractivity contribution in [3.63, 3.8) is 0 Å². The van der Waals surface area contributed by atoms with Crippen LogP contribution in [0, 0.1) is 0 Å². The van der Waals surface area contributed by atoms with Crippen molar-refractivity contribution in [2.45, 2.75) is 13.0 Å². The zero-order chi connectivity index (χ0) is 13.1. The van der Waals surface area contributed by atoms with E-state index in [0.717, 1.165) is 18.5 Å². The van der Waals surface area contributed by atoms with Gasteiger partial charge in [0.05, 0.1) is 0 Å². The Morgan fingerprint density at radius 2 is 2.11 bits per heavy atom. The van der Waals surface area contributed by atoms with Gasteiger partial charge in [-0.1, -0.05) is 6.07 Å². The molecule has 1 aromatic carbocycles. The summed E-state index contributed by atoms with van der Waals surface area (Å²) in [6.07, 6.45) is 1.00. The first-order valence-electron chi connectivity index (χ1n) is 6.17. The Hall–Kier alpha value is -1.72. The van der Waals surface area contributed by atoms with Crippen LogP contribution in [0.1, 0.15) is 10.4 Å². The zero-order valence-electron chi connectivity index (χ0n) is 10.4. The maximum Gasteiger partial charge on any atom is 0.231 e. The van der Waals surface area contributed by atoms with Gasteiger partial charge in [-0.2, -0.15) is 0 Å². The minimum absolute atomic E-state index is 0.226. The summed E-state index contributed by atoms with van der Waals surface area (Å²) < 4.78 is 10.5. The van der Waals surface area contributed by atoms with Crippen molar-refractivity contribution in [2.75, 3.05) is 13.3 Å². The maximum atomic E-state index is 9.88. The number of ether oxygens (including phenoxy) is 2. The van der Waals surface area contributed by atoms with Crippen molar-refractivity contribution in [3.8, 4) is 17.2 Å². The second kappa shape index (κ2) is 5.50. The summed E-state index contributed by atoms with van der Waals surface area (Å²) in [5, 5.41) is 15.3. The molecular weight excluding hydrogens is 262 g/mol. The lowest BCUT2D eigenvalue weighted by atomic mass is 10.1. The monoisotopic (exact) mass is 277 g/mol. The molecule has 1 aromatic heterocycles. The number of nitrogens with one attached hydrogen (secondary N) is 1. The van der Waals surface area contributed by atoms with Gasteiger partial charge in [0.15, 0.2) is 11.5 Å². The van der Waals surface area contributed by atoms with Crippen molar-refractivity contribution < 1.29 is 14.6 Å². The largest absolute Gasteiger partial charge is 0.507 e. The van der Waals surface area contributed by atoms with E-state index in [1.54, 1.807) is 17.4 Å². The quantitative estimate of drug-likeness (QED) is 0.825. The second-order valence-corrected chi connectivity index (χ2v) is 5.37. The molecule has 2 N–H and O–H groups in total. The Balaban J connectivity index is 1.55. The molecule has 0 radical (unpaired) electrons. The van der Waals surface area contributed by atoms with Crippen molar-refractivity contribution in [1.82, 2.24) is 5.32 Å². The van der Waals surface area contributed by atoms with Crippen LogP contribution in [-0.2, 0) is 13.0 Å². The van der Waals surface area contributed by atoms with E-state index in [1.165, 1.54) is 4.88 Å². The molecule has 0 fully saturated rings. The molecular formula is C14H15NO3S. The van der Waals surface area contributed by atoms with E-state index < -0.39 is 0 Å². The Morgan fingerprint density at radius 1 is 1.26 bits per heavy atom. The number of phenolic OH excluding ortho intramolecular Hbond substituents is 1. The lowest BCUT2D eigenvalue weighted by molar-refractivity contribution is 0.174. The predicted octanol–water partition coefficient (Wildman–Crippen LogP) is 2.51. The third kappa shape index (κ3) is 2.83. The van der Waals surface area contributed by atoms with Crippen LogP contribution in [0.2, 0.25) is 0 Å². The average Bonchev–Trinajstić information content (AvgIpc) is 3.05. The van der Waals surface area contributed by atoms with Crippen LogP contribution in [0.15, 0.2) is 29.6 Å². The summed E-state index contributed by atoms with van der Waals surface area (Å²) >= 11 is 1.76. The van der Waals surface area contributed by atoms with E-state index in [2.05, 4.69) is 22.8 Å². The van der Waals surface area contributed by atoms with Gasteiger partial charge in [0.2, 0.25) is 6.79 Å². The van der Waals surface area contributed by atoms with Gasteiger partial charge in [-0.15, -0.1) is 11.3 Å². The molecule has 2 aromatic rings. The maximum absolute atomic E-state index is 9.88. The smallest absolute Gasteiger partial charge is 0.231 e. The minimum atomic E-state index is 0.226. The van der Waals surface area contributed by atoms with Gasteiger partial charge >= 0.3 is 0 Å². The molecule has 1 aliphatic rings. The molecule has 2 heterocycles. The van der Waals surface area contributed by atoms with Crippen LogP contribution in [0.4, 0.5) is 0 Å². The highest BCUT2D eigenvalue weighted by atomic mass is 32.1. The molecule has 0 spiro atoms. The first-order chi connectivity index (χ1) is 9.33. The number of fused-ring (bicyclic) bond motifs is 1. The van der Waals surface area contributed by atoms with E-state index in [0.29, 0.717) is 18.0 Å². The highest BCUT2D eigenvalue weighted by molar-refractivity contribution is 7.09. The average molecular weight is 277 g/mol. The summed E-state index contributed by atoms with van der Waals surface area (Å²) in [7, 11) is 0. The highest BCUT2D eigenvalue weighted by Gasteiger charge is 2.16. The SMILES string of the molecule is Oc1cc2c(cc1CNCCc1cccs1)OCO2. The first-order valence-corrected chi connectivity index (χ1v) is 7.05. The van der Waals surface area contributed by atoms with Crippen LogP contribution >= 0.6 is 11.3 Å². The van der Waals surface area contributed by atoms with Gasteiger partial charge in [0.1, 0.15) is 5.75 Å². The number of thiophene rings is 1. The molecule has 0 atom stereocenters. The topological polar surface area (TPSA) is 50.7 Å². The van der Waals surface area contributed by atoms with Crippen molar-refractivity contribution in [1.29, 1.82) is 0 Å². The molecule has 4 nitrogen and oxygen atoms in total. The molecule has 1 aliphatic heterocycles. The van der Waals surface area contributed by atoms with E-state index >= 15 is 0 Å². The van der Waals surface area contributed by atoms with Crippen molar-refractivity contribution in [2.24, 2.45) is 0 Å². The Labute approximate surface area is 115 Å². The zero-order valence-corrected chi connectivity index (χ0v) is 11.2. The summed E-state index contributed by atoms with van der Waals surface area (Å²) in [4.78, 5) is 1.36. The summed E-state index contributed by atoms with van der Waals surface area (Å²) in [6.45, 7) is 1.73. The fourth-order valence-corrected chi connectivity index (χ4v) is 2.71. The number of hydrogen-bond acceptors (Lipinski definition) is 5. The van der Waals surface area contributed by atoms with Gasteiger partial charge in [0.25, 0.3) is 0 Å². The van der Waals surface area contributed by atoms with E-state index in [1.807, 2.05) is 6.07 Å². The molecule has 0 saturated carbocycles. The van der Waals surface area contributed by atoms with Crippen LogP contribution in [0.5, 0.6) is 17.2 Å². The number of phenols is 1. The Morgan fingerprint density at radius 3 is 2.89 bits per heavy atom. The third-order valence-electron chi connectivity index (χ3n) is 3.02. The lowest BCUT2D eigenvalue weighted by Crippen LogP contribution is -2.16. The number of aromatic hydroxyl groups is 1. The fourth-order valence-electron chi connectivity index (χ4n) is 2.00. The van der Waals surface area contributed by atoms with Crippen LogP contribution in [0.25, 0.3) is 0 Å². The van der Waals surface area contributed by atoms with Crippen LogP contribution in [-0.4, -0.2) is 18.4 Å². The van der Waals surface area contributed by atoms with E-state index in [-0.39, 0.29) is 12.5 Å². The van der Waals surface area contributed by atoms with Gasteiger partial charge in [-0.3, -0.25) is 0 Å². The molecule has 0 aliphatic carbocycles. The Bertz CT molecular complexity index is 554. The van der Waals surface area contributed by atoms with Gasteiger partial charge in [-0.25, -0.2) is 0 Å². The van der Waals surface area contributed by atoms with Gasteiger partial charge < -0.3 is 19.9 Å². The minimum Gasteiger partial charge on any atom is -0.507 e. The van der Waals surface area contributed by atoms with E-state index in [4.69, 9.17) is 9.47 Å². The lowest BCUT2D eigenvalue weighted by Gasteiger charge is -2.07. The molecule has 100 valence electrons. The normalized spacial score (nSPS) is 12.8. The summed E-state index contributed by atoms with van der Waals surface area (Å²) in [5.41, 5.74) is 0.829. The van der Waals surface area contributed by atoms with Crippen molar-refractivity contribution in [3.05, 3.63) is 40.1 Å². The number of rotatable bonds is 5. The fraction of sp³-hybridized carbons (Fsp3) is 0.286.